The molecule has 2 heteroatoms. The van der Waals surface area contributed by atoms with Crippen LogP contribution in [0.15, 0.2) is 0 Å². The molecule has 16 heavy (non-hydrogen) atoms. The Morgan fingerprint density at radius 3 is 1.69 bits per heavy atom. The molecule has 0 aliphatic heterocycles. The molecule has 0 aromatic rings. The fourth-order valence-electron chi connectivity index (χ4n) is 1.80. The summed E-state index contributed by atoms with van der Waals surface area (Å²) < 4.78 is 0. The van der Waals surface area contributed by atoms with Crippen LogP contribution in [0.5, 0.6) is 0 Å². The number of carbonyl (C=O) groups excluding carboxylic acids is 1. The van der Waals surface area contributed by atoms with Gasteiger partial charge < -0.3 is 5.11 Å². The van der Waals surface area contributed by atoms with Crippen molar-refractivity contribution in [1.82, 2.24) is 0 Å². The zero-order valence-electron chi connectivity index (χ0n) is 10.5. The molecule has 0 aliphatic rings. The lowest BCUT2D eigenvalue weighted by atomic mass is 10.1. The third-order valence-corrected chi connectivity index (χ3v) is 2.89. The summed E-state index contributed by atoms with van der Waals surface area (Å²) in [5.74, 6) is 0.295. The standard InChI is InChI=1S/C14H27O2/c1-2-14(16)12-10-8-6-4-3-5-7-9-11-13-15/h15H,1-13H2. The summed E-state index contributed by atoms with van der Waals surface area (Å²) in [6, 6.07) is 0. The second kappa shape index (κ2) is 12.7. The summed E-state index contributed by atoms with van der Waals surface area (Å²) in [6.07, 6.45) is 11.9. The van der Waals surface area contributed by atoms with E-state index in [0.717, 1.165) is 25.7 Å². The van der Waals surface area contributed by atoms with Crippen molar-refractivity contribution in [2.24, 2.45) is 0 Å². The number of ketones is 1. The minimum absolute atomic E-state index is 0.295. The van der Waals surface area contributed by atoms with E-state index in [1.165, 1.54) is 38.5 Å². The van der Waals surface area contributed by atoms with Crippen LogP contribution in [0, 0.1) is 6.92 Å². The Bertz CT molecular complexity index is 155. The molecule has 0 aromatic carbocycles. The first-order valence-corrected chi connectivity index (χ1v) is 6.73. The second-order valence-corrected chi connectivity index (χ2v) is 4.44. The van der Waals surface area contributed by atoms with Gasteiger partial charge in [0.1, 0.15) is 5.78 Å². The van der Waals surface area contributed by atoms with E-state index in [2.05, 4.69) is 6.92 Å². The normalized spacial score (nSPS) is 10.6. The average Bonchev–Trinajstić information content (AvgIpc) is 2.31. The van der Waals surface area contributed by atoms with Crippen molar-refractivity contribution < 1.29 is 9.90 Å². The molecule has 1 radical (unpaired) electrons. The van der Waals surface area contributed by atoms with Gasteiger partial charge in [0.05, 0.1) is 0 Å². The van der Waals surface area contributed by atoms with Gasteiger partial charge in [0.25, 0.3) is 0 Å². The van der Waals surface area contributed by atoms with E-state index in [0.29, 0.717) is 18.8 Å². The molecule has 1 N–H and O–H groups in total. The third kappa shape index (κ3) is 11.7. The Morgan fingerprint density at radius 2 is 1.25 bits per heavy atom. The van der Waals surface area contributed by atoms with Crippen molar-refractivity contribution in [3.05, 3.63) is 6.92 Å². The summed E-state index contributed by atoms with van der Waals surface area (Å²) >= 11 is 0. The molecule has 0 atom stereocenters. The maximum absolute atomic E-state index is 11.0. The van der Waals surface area contributed by atoms with E-state index in [4.69, 9.17) is 5.11 Å². The van der Waals surface area contributed by atoms with Crippen LogP contribution in [0.25, 0.3) is 0 Å². The van der Waals surface area contributed by atoms with E-state index in [-0.39, 0.29) is 0 Å². The van der Waals surface area contributed by atoms with Gasteiger partial charge >= 0.3 is 0 Å². The molecule has 0 bridgehead atoms. The molecular weight excluding hydrogens is 200 g/mol. The number of carbonyl (C=O) groups is 1. The zero-order valence-corrected chi connectivity index (χ0v) is 10.5. The van der Waals surface area contributed by atoms with Crippen molar-refractivity contribution >= 4 is 5.78 Å². The molecular formula is C14H27O2. The van der Waals surface area contributed by atoms with E-state index in [1.807, 2.05) is 0 Å². The van der Waals surface area contributed by atoms with Crippen molar-refractivity contribution in [1.29, 1.82) is 0 Å². The first-order chi connectivity index (χ1) is 7.81. The lowest BCUT2D eigenvalue weighted by Crippen LogP contribution is -1.94. The number of unbranched alkanes of at least 4 members (excludes halogenated alkanes) is 8. The Labute approximate surface area is 100 Å². The molecule has 0 saturated heterocycles. The van der Waals surface area contributed by atoms with Crippen LogP contribution in [0.4, 0.5) is 0 Å². The largest absolute Gasteiger partial charge is 0.396 e. The summed E-state index contributed by atoms with van der Waals surface area (Å²) in [4.78, 5) is 11.0. The van der Waals surface area contributed by atoms with Gasteiger partial charge in [-0.25, -0.2) is 0 Å². The number of rotatable bonds is 12. The van der Waals surface area contributed by atoms with Gasteiger partial charge in [0, 0.05) is 19.4 Å². The highest BCUT2D eigenvalue weighted by Crippen LogP contribution is 2.10. The van der Waals surface area contributed by atoms with Crippen LogP contribution in [0.2, 0.25) is 0 Å². The minimum Gasteiger partial charge on any atom is -0.396 e. The Kier molecular flexibility index (Phi) is 12.4. The van der Waals surface area contributed by atoms with Crippen LogP contribution in [0.1, 0.15) is 70.6 Å². The predicted molar refractivity (Wildman–Crippen MR) is 68.2 cm³/mol. The van der Waals surface area contributed by atoms with Gasteiger partial charge in [-0.1, -0.05) is 44.9 Å². The fourth-order valence-corrected chi connectivity index (χ4v) is 1.80. The molecule has 0 aromatic heterocycles. The number of aliphatic hydroxyl groups excluding tert-OH is 1. The number of hydrogen-bond donors (Lipinski definition) is 1. The van der Waals surface area contributed by atoms with Gasteiger partial charge in [-0.15, -0.1) is 0 Å². The molecule has 2 nitrogen and oxygen atoms in total. The third-order valence-electron chi connectivity index (χ3n) is 2.89. The average molecular weight is 227 g/mol. The molecule has 0 aliphatic carbocycles. The molecule has 0 saturated carbocycles. The summed E-state index contributed by atoms with van der Waals surface area (Å²) in [6.45, 7) is 3.92. The maximum Gasteiger partial charge on any atom is 0.132 e. The molecule has 0 amide bonds. The molecule has 0 spiro atoms. The van der Waals surface area contributed by atoms with Gasteiger partial charge in [-0.05, 0) is 19.8 Å². The minimum atomic E-state index is 0.295. The summed E-state index contributed by atoms with van der Waals surface area (Å²) in [5, 5.41) is 8.60. The van der Waals surface area contributed by atoms with Gasteiger partial charge in [0.15, 0.2) is 0 Å². The second-order valence-electron chi connectivity index (χ2n) is 4.44. The van der Waals surface area contributed by atoms with Crippen LogP contribution < -0.4 is 0 Å². The Morgan fingerprint density at radius 1 is 0.812 bits per heavy atom. The lowest BCUT2D eigenvalue weighted by molar-refractivity contribution is -0.118. The maximum atomic E-state index is 11.0. The van der Waals surface area contributed by atoms with E-state index < -0.39 is 0 Å². The molecule has 0 heterocycles. The van der Waals surface area contributed by atoms with Gasteiger partial charge in [-0.2, -0.15) is 0 Å². The molecule has 0 rings (SSSR count). The van der Waals surface area contributed by atoms with E-state index >= 15 is 0 Å². The monoisotopic (exact) mass is 227 g/mol. The number of Topliss-reactive ketones (excluding diaryl/α,β-unsaturated/α-hetero) is 1. The lowest BCUT2D eigenvalue weighted by Gasteiger charge is -2.01. The fraction of sp³-hybridized carbons (Fsp3) is 0.857. The van der Waals surface area contributed by atoms with Gasteiger partial charge in [-0.3, -0.25) is 4.79 Å². The highest BCUT2D eigenvalue weighted by atomic mass is 16.2. The highest BCUT2D eigenvalue weighted by Gasteiger charge is 1.97. The van der Waals surface area contributed by atoms with Crippen LogP contribution in [-0.2, 0) is 4.79 Å². The van der Waals surface area contributed by atoms with Crippen molar-refractivity contribution in [3.63, 3.8) is 0 Å². The SMILES string of the molecule is [CH2]CC(=O)CCCCCCCCCCCO. The molecule has 95 valence electrons. The van der Waals surface area contributed by atoms with Crippen LogP contribution in [-0.4, -0.2) is 17.5 Å². The summed E-state index contributed by atoms with van der Waals surface area (Å²) in [5.41, 5.74) is 0. The number of aliphatic hydroxyl groups is 1. The Balaban J connectivity index is 2.96. The quantitative estimate of drug-likeness (QED) is 0.516. The van der Waals surface area contributed by atoms with E-state index in [9.17, 15) is 4.79 Å². The molecule has 0 fully saturated rings. The first kappa shape index (κ1) is 15.6. The van der Waals surface area contributed by atoms with E-state index in [1.54, 1.807) is 0 Å². The molecule has 0 unspecified atom stereocenters. The predicted octanol–water partition coefficient (Wildman–Crippen LogP) is 3.67. The Hall–Kier alpha value is -0.370. The topological polar surface area (TPSA) is 37.3 Å². The van der Waals surface area contributed by atoms with Gasteiger partial charge in [0.2, 0.25) is 0 Å². The van der Waals surface area contributed by atoms with Crippen molar-refractivity contribution in [2.45, 2.75) is 70.6 Å². The first-order valence-electron chi connectivity index (χ1n) is 6.73. The smallest absolute Gasteiger partial charge is 0.132 e. The summed E-state index contributed by atoms with van der Waals surface area (Å²) in [7, 11) is 0. The zero-order chi connectivity index (χ0) is 12.1. The van der Waals surface area contributed by atoms with Crippen LogP contribution in [0.3, 0.4) is 0 Å². The van der Waals surface area contributed by atoms with Crippen molar-refractivity contribution in [2.75, 3.05) is 6.61 Å². The number of hydrogen-bond acceptors (Lipinski definition) is 2. The van der Waals surface area contributed by atoms with Crippen LogP contribution >= 0.6 is 0 Å². The van der Waals surface area contributed by atoms with Crippen molar-refractivity contribution in [3.8, 4) is 0 Å². The highest BCUT2D eigenvalue weighted by molar-refractivity contribution is 5.78.